The number of hydrogen-bond acceptors (Lipinski definition) is 6. The van der Waals surface area contributed by atoms with E-state index in [0.29, 0.717) is 31.1 Å². The summed E-state index contributed by atoms with van der Waals surface area (Å²) in [6.45, 7) is 3.46. The van der Waals surface area contributed by atoms with Crippen molar-refractivity contribution >= 4 is 11.4 Å². The molecule has 7 nitrogen and oxygen atoms in total. The zero-order valence-electron chi connectivity index (χ0n) is 11.0. The molecule has 1 aromatic rings. The highest BCUT2D eigenvalue weighted by Gasteiger charge is 2.09. The van der Waals surface area contributed by atoms with E-state index >= 15 is 0 Å². The Morgan fingerprint density at radius 3 is 2.74 bits per heavy atom. The predicted octanol–water partition coefficient (Wildman–Crippen LogP) is 0.986. The molecular formula is C12H19N3O4. The number of methoxy groups -OCH3 is 1. The van der Waals surface area contributed by atoms with E-state index in [2.05, 4.69) is 10.6 Å². The maximum atomic E-state index is 10.8. The molecule has 106 valence electrons. The molecule has 0 saturated carbocycles. The summed E-state index contributed by atoms with van der Waals surface area (Å²) in [5, 5.41) is 25.9. The van der Waals surface area contributed by atoms with Gasteiger partial charge in [0.15, 0.2) is 0 Å². The lowest BCUT2D eigenvalue weighted by atomic mass is 10.2. The largest absolute Gasteiger partial charge is 0.496 e. The SMILES string of the molecule is COc1cc(NCCNCC(C)O)cc([N+](=O)[O-])c1. The van der Waals surface area contributed by atoms with Gasteiger partial charge in [-0.2, -0.15) is 0 Å². The molecule has 0 saturated heterocycles. The van der Waals surface area contributed by atoms with Gasteiger partial charge < -0.3 is 20.5 Å². The van der Waals surface area contributed by atoms with Gasteiger partial charge in [-0.25, -0.2) is 0 Å². The topological polar surface area (TPSA) is 96.7 Å². The van der Waals surface area contributed by atoms with Crippen molar-refractivity contribution in [1.29, 1.82) is 0 Å². The molecule has 7 heteroatoms. The number of hydrogen-bond donors (Lipinski definition) is 3. The van der Waals surface area contributed by atoms with Crippen molar-refractivity contribution < 1.29 is 14.8 Å². The number of aliphatic hydroxyl groups is 1. The fourth-order valence-electron chi connectivity index (χ4n) is 1.51. The Morgan fingerprint density at radius 2 is 2.16 bits per heavy atom. The number of nitro groups is 1. The van der Waals surface area contributed by atoms with Crippen LogP contribution in [0.25, 0.3) is 0 Å². The molecule has 0 bridgehead atoms. The molecule has 1 atom stereocenters. The first-order chi connectivity index (χ1) is 9.02. The van der Waals surface area contributed by atoms with Crippen molar-refractivity contribution in [2.24, 2.45) is 0 Å². The Balaban J connectivity index is 2.53. The van der Waals surface area contributed by atoms with Crippen LogP contribution < -0.4 is 15.4 Å². The highest BCUT2D eigenvalue weighted by atomic mass is 16.6. The highest BCUT2D eigenvalue weighted by Crippen LogP contribution is 2.25. The van der Waals surface area contributed by atoms with Crippen molar-refractivity contribution in [3.63, 3.8) is 0 Å². The Morgan fingerprint density at radius 1 is 1.42 bits per heavy atom. The summed E-state index contributed by atoms with van der Waals surface area (Å²) in [5.41, 5.74) is 0.615. The van der Waals surface area contributed by atoms with E-state index < -0.39 is 11.0 Å². The van der Waals surface area contributed by atoms with E-state index in [-0.39, 0.29) is 5.69 Å². The van der Waals surface area contributed by atoms with Gasteiger partial charge in [0.25, 0.3) is 5.69 Å². The second kappa shape index (κ2) is 7.55. The van der Waals surface area contributed by atoms with Crippen molar-refractivity contribution in [1.82, 2.24) is 5.32 Å². The molecule has 0 aliphatic carbocycles. The molecule has 0 spiro atoms. The minimum Gasteiger partial charge on any atom is -0.496 e. The van der Waals surface area contributed by atoms with Gasteiger partial charge in [0.05, 0.1) is 24.2 Å². The van der Waals surface area contributed by atoms with E-state index in [4.69, 9.17) is 9.84 Å². The lowest BCUT2D eigenvalue weighted by molar-refractivity contribution is -0.384. The molecule has 1 rings (SSSR count). The molecule has 1 aromatic carbocycles. The molecule has 19 heavy (non-hydrogen) atoms. The molecule has 3 N–H and O–H groups in total. The zero-order valence-corrected chi connectivity index (χ0v) is 11.0. The summed E-state index contributed by atoms with van der Waals surface area (Å²) in [5.74, 6) is 0.439. The van der Waals surface area contributed by atoms with Gasteiger partial charge in [-0.15, -0.1) is 0 Å². The molecule has 0 aliphatic heterocycles. The van der Waals surface area contributed by atoms with Gasteiger partial charge >= 0.3 is 0 Å². The van der Waals surface area contributed by atoms with E-state index in [0.717, 1.165) is 0 Å². The molecule has 0 radical (unpaired) electrons. The van der Waals surface area contributed by atoms with E-state index in [1.54, 1.807) is 13.0 Å². The van der Waals surface area contributed by atoms with Gasteiger partial charge in [0, 0.05) is 37.5 Å². The summed E-state index contributed by atoms with van der Waals surface area (Å²) in [6, 6.07) is 4.52. The lowest BCUT2D eigenvalue weighted by Crippen LogP contribution is -2.28. The molecular weight excluding hydrogens is 250 g/mol. The number of rotatable bonds is 8. The summed E-state index contributed by atoms with van der Waals surface area (Å²) in [4.78, 5) is 10.3. The maximum Gasteiger partial charge on any atom is 0.275 e. The number of nitrogens with zero attached hydrogens (tertiary/aromatic N) is 1. The number of anilines is 1. The van der Waals surface area contributed by atoms with Crippen LogP contribution in [-0.4, -0.2) is 42.9 Å². The van der Waals surface area contributed by atoms with Gasteiger partial charge in [-0.3, -0.25) is 10.1 Å². The molecule has 0 aliphatic rings. The van der Waals surface area contributed by atoms with Crippen LogP contribution in [0.4, 0.5) is 11.4 Å². The van der Waals surface area contributed by atoms with Crippen molar-refractivity contribution in [3.8, 4) is 5.75 Å². The average Bonchev–Trinajstić information content (AvgIpc) is 2.37. The summed E-state index contributed by atoms with van der Waals surface area (Å²) < 4.78 is 5.01. The standard InChI is InChI=1S/C12H19N3O4/c1-9(16)8-13-3-4-14-10-5-11(15(17)18)7-12(6-10)19-2/h5-7,9,13-14,16H,3-4,8H2,1-2H3. The van der Waals surface area contributed by atoms with Crippen molar-refractivity contribution in [2.75, 3.05) is 32.1 Å². The normalized spacial score (nSPS) is 11.9. The third-order valence-corrected chi connectivity index (χ3v) is 2.41. The van der Waals surface area contributed by atoms with Gasteiger partial charge in [-0.05, 0) is 6.92 Å². The molecule has 0 fully saturated rings. The van der Waals surface area contributed by atoms with Crippen LogP contribution in [0.15, 0.2) is 18.2 Å². The second-order valence-electron chi connectivity index (χ2n) is 4.16. The monoisotopic (exact) mass is 269 g/mol. The van der Waals surface area contributed by atoms with Crippen molar-refractivity contribution in [3.05, 3.63) is 28.3 Å². The number of ether oxygens (including phenoxy) is 1. The van der Waals surface area contributed by atoms with Gasteiger partial charge in [0.2, 0.25) is 0 Å². The maximum absolute atomic E-state index is 10.8. The van der Waals surface area contributed by atoms with E-state index in [9.17, 15) is 10.1 Å². The van der Waals surface area contributed by atoms with Gasteiger partial charge in [0.1, 0.15) is 5.75 Å². The lowest BCUT2D eigenvalue weighted by Gasteiger charge is -2.10. The number of non-ortho nitro benzene ring substituents is 1. The molecule has 0 aromatic heterocycles. The number of benzene rings is 1. The van der Waals surface area contributed by atoms with Gasteiger partial charge in [-0.1, -0.05) is 0 Å². The molecule has 0 amide bonds. The van der Waals surface area contributed by atoms with Crippen molar-refractivity contribution in [2.45, 2.75) is 13.0 Å². The third-order valence-electron chi connectivity index (χ3n) is 2.41. The Hall–Kier alpha value is -1.86. The van der Waals surface area contributed by atoms with E-state index in [1.165, 1.54) is 19.2 Å². The van der Waals surface area contributed by atoms with Crippen LogP contribution in [0, 0.1) is 10.1 Å². The van der Waals surface area contributed by atoms with Crippen LogP contribution in [-0.2, 0) is 0 Å². The Kier molecular flexibility index (Phi) is 6.04. The van der Waals surface area contributed by atoms with Crippen LogP contribution in [0.1, 0.15) is 6.92 Å². The minimum absolute atomic E-state index is 0.0150. The minimum atomic E-state index is -0.459. The van der Waals surface area contributed by atoms with Crippen LogP contribution in [0.2, 0.25) is 0 Å². The summed E-state index contributed by atoms with van der Waals surface area (Å²) in [6.07, 6.45) is -0.391. The average molecular weight is 269 g/mol. The smallest absolute Gasteiger partial charge is 0.275 e. The highest BCUT2D eigenvalue weighted by molar-refractivity contribution is 5.56. The summed E-state index contributed by atoms with van der Waals surface area (Å²) >= 11 is 0. The predicted molar refractivity (Wildman–Crippen MR) is 72.7 cm³/mol. The van der Waals surface area contributed by atoms with E-state index in [1.807, 2.05) is 0 Å². The third kappa shape index (κ3) is 5.54. The first-order valence-corrected chi connectivity index (χ1v) is 5.99. The molecule has 1 unspecified atom stereocenters. The number of nitrogens with one attached hydrogen (secondary N) is 2. The number of aliphatic hydroxyl groups excluding tert-OH is 1. The van der Waals surface area contributed by atoms with Crippen LogP contribution in [0.3, 0.4) is 0 Å². The first kappa shape index (κ1) is 15.2. The number of nitro benzene ring substituents is 1. The van der Waals surface area contributed by atoms with Crippen LogP contribution >= 0.6 is 0 Å². The Bertz CT molecular complexity index is 423. The second-order valence-corrected chi connectivity index (χ2v) is 4.16. The van der Waals surface area contributed by atoms with Crippen LogP contribution in [0.5, 0.6) is 5.75 Å². The first-order valence-electron chi connectivity index (χ1n) is 5.99. The summed E-state index contributed by atoms with van der Waals surface area (Å²) in [7, 11) is 1.47. The zero-order chi connectivity index (χ0) is 14.3. The molecule has 0 heterocycles. The fraction of sp³-hybridized carbons (Fsp3) is 0.500. The quantitative estimate of drug-likeness (QED) is 0.370. The fourth-order valence-corrected chi connectivity index (χ4v) is 1.51. The Labute approximate surface area is 111 Å².